The third-order valence-corrected chi connectivity index (χ3v) is 8.39. The lowest BCUT2D eigenvalue weighted by molar-refractivity contribution is -0.121. The Bertz CT molecular complexity index is 1310. The van der Waals surface area contributed by atoms with Crippen LogP contribution in [-0.4, -0.2) is 93.6 Å². The summed E-state index contributed by atoms with van der Waals surface area (Å²) in [5.41, 5.74) is 1.87. The summed E-state index contributed by atoms with van der Waals surface area (Å²) in [6, 6.07) is 7.31. The first-order valence-electron chi connectivity index (χ1n) is 15.4. The third kappa shape index (κ3) is 7.89. The molecule has 13 heteroatoms. The molecule has 1 saturated carbocycles. The van der Waals surface area contributed by atoms with Gasteiger partial charge in [-0.3, -0.25) is 14.3 Å². The lowest BCUT2D eigenvalue weighted by atomic mass is 10.1. The first-order valence-corrected chi connectivity index (χ1v) is 15.4. The van der Waals surface area contributed by atoms with Crippen molar-refractivity contribution in [1.82, 2.24) is 45.9 Å². The van der Waals surface area contributed by atoms with Gasteiger partial charge in [-0.05, 0) is 63.4 Å². The molecule has 1 aromatic carbocycles. The highest BCUT2D eigenvalue weighted by Gasteiger charge is 2.28. The summed E-state index contributed by atoms with van der Waals surface area (Å²) in [5, 5.41) is 24.7. The normalized spacial score (nSPS) is 16.6. The maximum absolute atomic E-state index is 13.8. The molecule has 232 valence electrons. The molecule has 3 N–H and O–H groups in total. The number of hydrogen-bond acceptors (Lipinski definition) is 9. The largest absolute Gasteiger partial charge is 0.496 e. The van der Waals surface area contributed by atoms with E-state index in [4.69, 9.17) is 14.6 Å². The number of amides is 2. The zero-order valence-electron chi connectivity index (χ0n) is 25.2. The van der Waals surface area contributed by atoms with E-state index >= 15 is 0 Å². The summed E-state index contributed by atoms with van der Waals surface area (Å²) in [7, 11) is 3.25. The van der Waals surface area contributed by atoms with Crippen LogP contribution in [-0.2, 0) is 11.2 Å². The highest BCUT2D eigenvalue weighted by atomic mass is 16.5. The maximum atomic E-state index is 13.8. The van der Waals surface area contributed by atoms with Crippen molar-refractivity contribution in [3.8, 4) is 22.8 Å². The summed E-state index contributed by atoms with van der Waals surface area (Å²) >= 11 is 0. The van der Waals surface area contributed by atoms with Gasteiger partial charge >= 0.3 is 0 Å². The lowest BCUT2D eigenvalue weighted by Gasteiger charge is -2.28. The highest BCUT2D eigenvalue weighted by molar-refractivity contribution is 5.94. The smallest absolute Gasteiger partial charge is 0.272 e. The number of carbonyl (C=O) groups is 2. The van der Waals surface area contributed by atoms with Gasteiger partial charge in [0, 0.05) is 32.0 Å². The molecule has 3 heterocycles. The van der Waals surface area contributed by atoms with Gasteiger partial charge in [-0.25, -0.2) is 0 Å². The maximum Gasteiger partial charge on any atom is 0.272 e. The van der Waals surface area contributed by atoms with E-state index in [1.54, 1.807) is 14.2 Å². The van der Waals surface area contributed by atoms with Crippen LogP contribution in [0.25, 0.3) is 11.3 Å². The van der Waals surface area contributed by atoms with Gasteiger partial charge in [-0.1, -0.05) is 30.5 Å². The Labute approximate surface area is 252 Å². The fourth-order valence-electron chi connectivity index (χ4n) is 6.13. The van der Waals surface area contributed by atoms with Crippen LogP contribution in [0.3, 0.4) is 0 Å². The number of likely N-dealkylation sites (tertiary alicyclic amines) is 1. The van der Waals surface area contributed by atoms with Crippen molar-refractivity contribution < 1.29 is 19.1 Å². The molecule has 1 saturated heterocycles. The van der Waals surface area contributed by atoms with Gasteiger partial charge in [0.25, 0.3) is 5.91 Å². The fourth-order valence-corrected chi connectivity index (χ4v) is 6.13. The summed E-state index contributed by atoms with van der Waals surface area (Å²) in [6.07, 6.45) is 9.16. The first kappa shape index (κ1) is 30.5. The molecule has 13 nitrogen and oxygen atoms in total. The van der Waals surface area contributed by atoms with E-state index in [1.807, 2.05) is 28.9 Å². The Hall–Kier alpha value is -4.00. The number of rotatable bonds is 14. The summed E-state index contributed by atoms with van der Waals surface area (Å²) in [4.78, 5) is 29.1. The minimum Gasteiger partial charge on any atom is -0.496 e. The third-order valence-electron chi connectivity index (χ3n) is 8.39. The highest BCUT2D eigenvalue weighted by Crippen LogP contribution is 2.41. The van der Waals surface area contributed by atoms with Crippen LogP contribution in [0, 0.1) is 0 Å². The number of hydrogen-bond donors (Lipinski definition) is 3. The van der Waals surface area contributed by atoms with E-state index in [0.717, 1.165) is 56.6 Å². The summed E-state index contributed by atoms with van der Waals surface area (Å²) < 4.78 is 13.4. The molecule has 2 amide bonds. The number of ether oxygens (including phenoxy) is 2. The molecule has 1 atom stereocenters. The molecule has 1 unspecified atom stereocenters. The van der Waals surface area contributed by atoms with Gasteiger partial charge in [0.2, 0.25) is 5.91 Å². The van der Waals surface area contributed by atoms with Gasteiger partial charge in [0.15, 0.2) is 11.5 Å². The van der Waals surface area contributed by atoms with E-state index in [0.29, 0.717) is 42.4 Å². The Morgan fingerprint density at radius 3 is 2.49 bits per heavy atom. The molecule has 1 aliphatic carbocycles. The van der Waals surface area contributed by atoms with Gasteiger partial charge in [-0.15, -0.1) is 10.2 Å². The minimum atomic E-state index is -0.347. The number of nitrogens with one attached hydrogen (secondary N) is 3. The Kier molecular flexibility index (Phi) is 10.6. The van der Waals surface area contributed by atoms with Gasteiger partial charge in [0.1, 0.15) is 11.5 Å². The molecular formula is C30H43N9O4. The van der Waals surface area contributed by atoms with E-state index in [1.165, 1.54) is 19.3 Å². The Balaban J connectivity index is 1.34. The number of benzene rings is 1. The van der Waals surface area contributed by atoms with Crippen LogP contribution in [0.15, 0.2) is 24.3 Å². The SMILES string of the molecule is COc1cccc(OC)c1-c1cc(C(=O)NC(CCN2CCCCC2)CC(=O)NCCc2nn[nH]n2)nn1C1CCCC1. The Morgan fingerprint density at radius 2 is 1.81 bits per heavy atom. The van der Waals surface area contributed by atoms with Crippen molar-refractivity contribution in [3.05, 3.63) is 35.8 Å². The number of piperidine rings is 1. The molecule has 3 aromatic rings. The van der Waals surface area contributed by atoms with Crippen LogP contribution in [0.5, 0.6) is 11.5 Å². The van der Waals surface area contributed by atoms with Crippen molar-refractivity contribution in [2.75, 3.05) is 40.4 Å². The average Bonchev–Trinajstić information content (AvgIpc) is 3.82. The van der Waals surface area contributed by atoms with Crippen LogP contribution in [0.4, 0.5) is 0 Å². The van der Waals surface area contributed by atoms with Crippen molar-refractivity contribution in [2.24, 2.45) is 0 Å². The van der Waals surface area contributed by atoms with E-state index in [2.05, 4.69) is 36.2 Å². The monoisotopic (exact) mass is 593 g/mol. The van der Waals surface area contributed by atoms with Gasteiger partial charge in [-0.2, -0.15) is 10.3 Å². The number of H-pyrrole nitrogens is 1. The van der Waals surface area contributed by atoms with Crippen LogP contribution >= 0.6 is 0 Å². The van der Waals surface area contributed by atoms with E-state index in [-0.39, 0.29) is 30.3 Å². The first-order chi connectivity index (χ1) is 21.1. The van der Waals surface area contributed by atoms with Gasteiger partial charge < -0.3 is 25.0 Å². The zero-order valence-corrected chi connectivity index (χ0v) is 25.2. The topological polar surface area (TPSA) is 152 Å². The molecule has 2 aliphatic rings. The standard InChI is InChI=1S/C30H43N9O4/c1-42-25-11-8-12-26(43-2)29(25)24-20-23(35-39(24)22-9-4-5-10-22)30(41)32-21(14-18-38-16-6-3-7-17-38)19-28(40)31-15-13-27-33-36-37-34-27/h8,11-12,20-22H,3-7,9-10,13-19H2,1-2H3,(H,31,40)(H,32,41)(H,33,34,36,37). The number of methoxy groups -OCH3 is 2. The second-order valence-corrected chi connectivity index (χ2v) is 11.3. The van der Waals surface area contributed by atoms with E-state index < -0.39 is 0 Å². The second-order valence-electron chi connectivity index (χ2n) is 11.3. The second kappa shape index (κ2) is 14.9. The zero-order chi connectivity index (χ0) is 30.0. The molecule has 2 aromatic heterocycles. The molecule has 0 spiro atoms. The number of carbonyl (C=O) groups excluding carboxylic acids is 2. The van der Waals surface area contributed by atoms with Crippen molar-refractivity contribution >= 4 is 11.8 Å². The Morgan fingerprint density at radius 1 is 1.07 bits per heavy atom. The lowest BCUT2D eigenvalue weighted by Crippen LogP contribution is -2.42. The average molecular weight is 594 g/mol. The molecule has 1 aliphatic heterocycles. The molecule has 0 radical (unpaired) electrons. The number of aromatic amines is 1. The molecular weight excluding hydrogens is 550 g/mol. The summed E-state index contributed by atoms with van der Waals surface area (Å²) in [5.74, 6) is 1.42. The van der Waals surface area contributed by atoms with Crippen molar-refractivity contribution in [2.45, 2.75) is 76.3 Å². The van der Waals surface area contributed by atoms with E-state index in [9.17, 15) is 9.59 Å². The van der Waals surface area contributed by atoms with Crippen LogP contribution in [0.2, 0.25) is 0 Å². The quantitative estimate of drug-likeness (QED) is 0.256. The van der Waals surface area contributed by atoms with Crippen molar-refractivity contribution in [3.63, 3.8) is 0 Å². The number of nitrogens with zero attached hydrogens (tertiary/aromatic N) is 6. The van der Waals surface area contributed by atoms with Crippen LogP contribution in [0.1, 0.15) is 80.1 Å². The molecule has 43 heavy (non-hydrogen) atoms. The minimum absolute atomic E-state index is 0.136. The fraction of sp³-hybridized carbons (Fsp3) is 0.600. The van der Waals surface area contributed by atoms with Crippen LogP contribution < -0.4 is 20.1 Å². The summed E-state index contributed by atoms with van der Waals surface area (Å²) in [6.45, 7) is 3.31. The molecule has 0 bridgehead atoms. The number of tetrazole rings is 1. The molecule has 2 fully saturated rings. The molecule has 5 rings (SSSR count). The van der Waals surface area contributed by atoms with Crippen molar-refractivity contribution in [1.29, 1.82) is 0 Å². The van der Waals surface area contributed by atoms with Gasteiger partial charge in [0.05, 0.1) is 31.5 Å². The predicted molar refractivity (Wildman–Crippen MR) is 160 cm³/mol. The predicted octanol–water partition coefficient (Wildman–Crippen LogP) is 2.92. The number of aromatic nitrogens is 6.